The molecule has 0 radical (unpaired) electrons. The van der Waals surface area contributed by atoms with Gasteiger partial charge >= 0.3 is 0 Å². The Bertz CT molecular complexity index is 353. The molecule has 17 heavy (non-hydrogen) atoms. The number of nitrogens with zero attached hydrogens (tertiary/aromatic N) is 2. The van der Waals surface area contributed by atoms with E-state index in [0.717, 1.165) is 18.1 Å². The Balaban J connectivity index is 1.68. The van der Waals surface area contributed by atoms with Crippen molar-refractivity contribution in [2.45, 2.75) is 56.8 Å². The molecule has 3 atom stereocenters. The quantitative estimate of drug-likeness (QED) is 0.894. The smallest absolute Gasteiger partial charge is 0.109 e. The van der Waals surface area contributed by atoms with E-state index in [4.69, 9.17) is 0 Å². The van der Waals surface area contributed by atoms with E-state index < -0.39 is 0 Å². The third-order valence-electron chi connectivity index (χ3n) is 4.44. The van der Waals surface area contributed by atoms with Crippen LogP contribution >= 0.6 is 11.3 Å². The molecule has 0 aliphatic carbocycles. The molecule has 2 aliphatic heterocycles. The van der Waals surface area contributed by atoms with Crippen LogP contribution in [-0.4, -0.2) is 35.1 Å². The molecule has 0 spiro atoms. The van der Waals surface area contributed by atoms with Gasteiger partial charge < -0.3 is 5.32 Å². The van der Waals surface area contributed by atoms with Crippen molar-refractivity contribution >= 4 is 11.3 Å². The molecule has 0 aromatic carbocycles. The van der Waals surface area contributed by atoms with Crippen LogP contribution in [0.2, 0.25) is 0 Å². The summed E-state index contributed by atoms with van der Waals surface area (Å²) in [5.74, 6) is 0. The fraction of sp³-hybridized carbons (Fsp3) is 0.769. The summed E-state index contributed by atoms with van der Waals surface area (Å²) < 4.78 is 0. The number of hydrogen-bond donors (Lipinski definition) is 1. The maximum atomic E-state index is 4.45. The van der Waals surface area contributed by atoms with Gasteiger partial charge in [0.05, 0.1) is 6.04 Å². The zero-order valence-electron chi connectivity index (χ0n) is 10.6. The highest BCUT2D eigenvalue weighted by molar-refractivity contribution is 7.09. The van der Waals surface area contributed by atoms with Crippen molar-refractivity contribution in [2.75, 3.05) is 7.05 Å². The van der Waals surface area contributed by atoms with Crippen LogP contribution < -0.4 is 5.32 Å². The molecule has 94 valence electrons. The van der Waals surface area contributed by atoms with Crippen LogP contribution in [0.15, 0.2) is 11.6 Å². The molecule has 3 unspecified atom stereocenters. The fourth-order valence-corrected chi connectivity index (χ4v) is 4.04. The zero-order valence-corrected chi connectivity index (χ0v) is 11.4. The van der Waals surface area contributed by atoms with E-state index in [1.165, 1.54) is 30.7 Å². The Labute approximate surface area is 107 Å². The minimum atomic E-state index is 0.456. The molecular formula is C13H21N3S. The van der Waals surface area contributed by atoms with Gasteiger partial charge in [0.15, 0.2) is 0 Å². The van der Waals surface area contributed by atoms with Gasteiger partial charge in [-0.1, -0.05) is 0 Å². The van der Waals surface area contributed by atoms with Crippen LogP contribution in [0.1, 0.15) is 43.7 Å². The minimum Gasteiger partial charge on any atom is -0.311 e. The number of piperidine rings is 1. The summed E-state index contributed by atoms with van der Waals surface area (Å²) in [5.41, 5.74) is 0. The van der Waals surface area contributed by atoms with Gasteiger partial charge in [-0.3, -0.25) is 4.90 Å². The summed E-state index contributed by atoms with van der Waals surface area (Å²) >= 11 is 1.77. The van der Waals surface area contributed by atoms with Crippen molar-refractivity contribution in [3.63, 3.8) is 0 Å². The first kappa shape index (κ1) is 11.6. The van der Waals surface area contributed by atoms with Crippen molar-refractivity contribution in [2.24, 2.45) is 0 Å². The summed E-state index contributed by atoms with van der Waals surface area (Å²) in [4.78, 5) is 6.98. The number of fused-ring (bicyclic) bond motifs is 2. The molecular weight excluding hydrogens is 230 g/mol. The second kappa shape index (κ2) is 4.67. The average molecular weight is 251 g/mol. The monoisotopic (exact) mass is 251 g/mol. The molecule has 4 heteroatoms. The van der Waals surface area contributed by atoms with Crippen molar-refractivity contribution in [1.29, 1.82) is 0 Å². The highest BCUT2D eigenvalue weighted by Gasteiger charge is 2.36. The van der Waals surface area contributed by atoms with Crippen molar-refractivity contribution in [3.05, 3.63) is 16.6 Å². The number of rotatable bonds is 3. The summed E-state index contributed by atoms with van der Waals surface area (Å²) in [7, 11) is 2.27. The van der Waals surface area contributed by atoms with Gasteiger partial charge in [0.25, 0.3) is 0 Å². The highest BCUT2D eigenvalue weighted by atomic mass is 32.1. The lowest BCUT2D eigenvalue weighted by molar-refractivity contribution is 0.132. The van der Waals surface area contributed by atoms with Crippen LogP contribution in [0.3, 0.4) is 0 Å². The van der Waals surface area contributed by atoms with E-state index in [-0.39, 0.29) is 0 Å². The van der Waals surface area contributed by atoms with Gasteiger partial charge in [-0.15, -0.1) is 11.3 Å². The van der Waals surface area contributed by atoms with Gasteiger partial charge in [-0.05, 0) is 39.7 Å². The molecule has 1 aromatic rings. The van der Waals surface area contributed by atoms with Crippen LogP contribution in [0.5, 0.6) is 0 Å². The number of nitrogens with one attached hydrogen (secondary N) is 1. The molecule has 0 saturated carbocycles. The van der Waals surface area contributed by atoms with Gasteiger partial charge in [0.2, 0.25) is 0 Å². The Hall–Kier alpha value is -0.450. The van der Waals surface area contributed by atoms with Crippen molar-refractivity contribution < 1.29 is 0 Å². The second-order valence-electron chi connectivity index (χ2n) is 5.47. The SMILES string of the molecule is CC(c1nccs1)N(C)C1CC2CCC(C1)N2. The van der Waals surface area contributed by atoms with E-state index in [1.54, 1.807) is 11.3 Å². The van der Waals surface area contributed by atoms with Gasteiger partial charge in [0, 0.05) is 29.7 Å². The van der Waals surface area contributed by atoms with Crippen LogP contribution in [0.4, 0.5) is 0 Å². The summed E-state index contributed by atoms with van der Waals surface area (Å²) in [5, 5.41) is 7.03. The molecule has 2 saturated heterocycles. The van der Waals surface area contributed by atoms with Crippen LogP contribution in [0.25, 0.3) is 0 Å². The summed E-state index contributed by atoms with van der Waals surface area (Å²) in [6.07, 6.45) is 7.28. The number of aromatic nitrogens is 1. The summed E-state index contributed by atoms with van der Waals surface area (Å²) in [6, 6.07) is 2.72. The Morgan fingerprint density at radius 2 is 2.12 bits per heavy atom. The lowest BCUT2D eigenvalue weighted by Gasteiger charge is -2.38. The van der Waals surface area contributed by atoms with Crippen molar-refractivity contribution in [1.82, 2.24) is 15.2 Å². The van der Waals surface area contributed by atoms with E-state index in [9.17, 15) is 0 Å². The van der Waals surface area contributed by atoms with Crippen molar-refractivity contribution in [3.8, 4) is 0 Å². The second-order valence-corrected chi connectivity index (χ2v) is 6.40. The van der Waals surface area contributed by atoms with Gasteiger partial charge in [0.1, 0.15) is 5.01 Å². The number of thiazole rings is 1. The van der Waals surface area contributed by atoms with E-state index in [0.29, 0.717) is 6.04 Å². The lowest BCUT2D eigenvalue weighted by atomic mass is 9.97. The number of hydrogen-bond acceptors (Lipinski definition) is 4. The molecule has 3 rings (SSSR count). The standard InChI is InChI=1S/C13H21N3S/c1-9(13-14-5-6-17-13)16(2)12-7-10-3-4-11(8-12)15-10/h5-6,9-12,15H,3-4,7-8H2,1-2H3. The van der Waals surface area contributed by atoms with E-state index >= 15 is 0 Å². The first-order chi connectivity index (χ1) is 8.24. The normalized spacial score (nSPS) is 34.2. The zero-order chi connectivity index (χ0) is 11.8. The molecule has 1 aromatic heterocycles. The van der Waals surface area contributed by atoms with E-state index in [1.807, 2.05) is 6.20 Å². The predicted octanol–water partition coefficient (Wildman–Crippen LogP) is 2.42. The molecule has 2 fully saturated rings. The Kier molecular flexibility index (Phi) is 3.19. The van der Waals surface area contributed by atoms with Crippen LogP contribution in [-0.2, 0) is 0 Å². The third kappa shape index (κ3) is 2.26. The van der Waals surface area contributed by atoms with Gasteiger partial charge in [-0.25, -0.2) is 4.98 Å². The highest BCUT2D eigenvalue weighted by Crippen LogP contribution is 2.33. The maximum Gasteiger partial charge on any atom is 0.109 e. The minimum absolute atomic E-state index is 0.456. The third-order valence-corrected chi connectivity index (χ3v) is 5.39. The van der Waals surface area contributed by atoms with Gasteiger partial charge in [-0.2, -0.15) is 0 Å². The molecule has 2 aliphatic rings. The first-order valence-electron chi connectivity index (χ1n) is 6.61. The fourth-order valence-electron chi connectivity index (χ4n) is 3.29. The molecule has 3 nitrogen and oxygen atoms in total. The largest absolute Gasteiger partial charge is 0.311 e. The Morgan fingerprint density at radius 3 is 2.71 bits per heavy atom. The predicted molar refractivity (Wildman–Crippen MR) is 71.3 cm³/mol. The maximum absolute atomic E-state index is 4.45. The Morgan fingerprint density at radius 1 is 1.41 bits per heavy atom. The topological polar surface area (TPSA) is 28.2 Å². The average Bonchev–Trinajstić information content (AvgIpc) is 2.97. The molecule has 1 N–H and O–H groups in total. The molecule has 0 amide bonds. The lowest BCUT2D eigenvalue weighted by Crippen LogP contribution is -2.47. The van der Waals surface area contributed by atoms with Crippen LogP contribution in [0, 0.1) is 0 Å². The molecule has 3 heterocycles. The first-order valence-corrected chi connectivity index (χ1v) is 7.49. The van der Waals surface area contributed by atoms with E-state index in [2.05, 4.69) is 34.6 Å². The molecule has 2 bridgehead atoms. The summed E-state index contributed by atoms with van der Waals surface area (Å²) in [6.45, 7) is 2.28.